The molecule has 99 valence electrons. The summed E-state index contributed by atoms with van der Waals surface area (Å²) in [7, 11) is 0. The van der Waals surface area contributed by atoms with Crippen molar-refractivity contribution in [2.45, 2.75) is 40.2 Å². The van der Waals surface area contributed by atoms with Gasteiger partial charge in [-0.3, -0.25) is 0 Å². The zero-order valence-corrected chi connectivity index (χ0v) is 11.9. The summed E-state index contributed by atoms with van der Waals surface area (Å²) in [5.41, 5.74) is 4.23. The molecule has 2 rings (SSSR count). The van der Waals surface area contributed by atoms with E-state index in [1.54, 1.807) is 0 Å². The summed E-state index contributed by atoms with van der Waals surface area (Å²) in [4.78, 5) is 8.05. The number of hydrogen-bond donors (Lipinski definition) is 0. The first-order valence-electron chi connectivity index (χ1n) is 6.49. The van der Waals surface area contributed by atoms with Gasteiger partial charge in [0.2, 0.25) is 0 Å². The minimum atomic E-state index is 0.453. The molecule has 1 heterocycles. The third-order valence-electron chi connectivity index (χ3n) is 3.20. The summed E-state index contributed by atoms with van der Waals surface area (Å²) < 4.78 is 5.88. The van der Waals surface area contributed by atoms with Gasteiger partial charge in [-0.05, 0) is 37.0 Å². The van der Waals surface area contributed by atoms with Gasteiger partial charge in [-0.1, -0.05) is 26.0 Å². The fourth-order valence-electron chi connectivity index (χ4n) is 1.80. The van der Waals surface area contributed by atoms with Gasteiger partial charge in [0.15, 0.2) is 0 Å². The highest BCUT2D eigenvalue weighted by molar-refractivity contribution is 5.38. The zero-order valence-electron chi connectivity index (χ0n) is 11.9. The van der Waals surface area contributed by atoms with Crippen LogP contribution in [-0.4, -0.2) is 9.97 Å². The summed E-state index contributed by atoms with van der Waals surface area (Å²) in [5.74, 6) is 1.42. The van der Waals surface area contributed by atoms with Crippen LogP contribution in [0.3, 0.4) is 0 Å². The minimum Gasteiger partial charge on any atom is -0.488 e. The van der Waals surface area contributed by atoms with Crippen molar-refractivity contribution in [3.8, 4) is 5.75 Å². The Bertz CT molecular complexity index is 564. The first-order valence-corrected chi connectivity index (χ1v) is 6.49. The normalized spacial score (nSPS) is 10.8. The van der Waals surface area contributed by atoms with E-state index >= 15 is 0 Å². The van der Waals surface area contributed by atoms with E-state index in [1.807, 2.05) is 6.92 Å². The smallest absolute Gasteiger partial charge is 0.123 e. The van der Waals surface area contributed by atoms with Gasteiger partial charge < -0.3 is 4.74 Å². The van der Waals surface area contributed by atoms with E-state index < -0.39 is 0 Å². The van der Waals surface area contributed by atoms with Gasteiger partial charge >= 0.3 is 0 Å². The summed E-state index contributed by atoms with van der Waals surface area (Å²) in [6.45, 7) is 8.80. The van der Waals surface area contributed by atoms with E-state index in [0.717, 1.165) is 22.6 Å². The molecule has 3 heteroatoms. The highest BCUT2D eigenvalue weighted by Crippen LogP contribution is 2.25. The molecule has 1 aromatic heterocycles. The number of aryl methyl sites for hydroxylation is 2. The lowest BCUT2D eigenvalue weighted by molar-refractivity contribution is 0.301. The van der Waals surface area contributed by atoms with Gasteiger partial charge in [-0.2, -0.15) is 0 Å². The highest BCUT2D eigenvalue weighted by Gasteiger charge is 2.06. The van der Waals surface area contributed by atoms with Gasteiger partial charge in [0.05, 0.1) is 6.20 Å². The van der Waals surface area contributed by atoms with Crippen LogP contribution in [-0.2, 0) is 6.61 Å². The second kappa shape index (κ2) is 5.83. The molecule has 0 aliphatic rings. The molecular weight excluding hydrogens is 236 g/mol. The third kappa shape index (κ3) is 3.31. The monoisotopic (exact) mass is 255 g/mol. The predicted molar refractivity (Wildman–Crippen MR) is 75.2 cm³/mol. The second-order valence-electron chi connectivity index (χ2n) is 5.02. The number of rotatable bonds is 4. The SMILES string of the molecule is Cc1ccc(C(C)C)cc1OCc1[c]ncnc1C. The average Bonchev–Trinajstić information content (AvgIpc) is 2.39. The van der Waals surface area contributed by atoms with Gasteiger partial charge in [0.1, 0.15) is 18.7 Å². The summed E-state index contributed by atoms with van der Waals surface area (Å²) in [6.07, 6.45) is 4.43. The molecule has 0 aliphatic carbocycles. The van der Waals surface area contributed by atoms with Crippen LogP contribution in [0.1, 0.15) is 42.1 Å². The Morgan fingerprint density at radius 2 is 2.05 bits per heavy atom. The Labute approximate surface area is 114 Å². The van der Waals surface area contributed by atoms with Gasteiger partial charge in [0.25, 0.3) is 0 Å². The largest absolute Gasteiger partial charge is 0.488 e. The summed E-state index contributed by atoms with van der Waals surface area (Å²) in [6, 6.07) is 6.36. The molecule has 0 unspecified atom stereocenters. The van der Waals surface area contributed by atoms with Crippen LogP contribution < -0.4 is 4.74 Å². The Hall–Kier alpha value is -1.90. The zero-order chi connectivity index (χ0) is 13.8. The molecule has 0 spiro atoms. The minimum absolute atomic E-state index is 0.453. The molecule has 0 N–H and O–H groups in total. The van der Waals surface area contributed by atoms with Crippen LogP contribution >= 0.6 is 0 Å². The average molecular weight is 255 g/mol. The quantitative estimate of drug-likeness (QED) is 0.837. The standard InChI is InChI=1S/C16H19N2O/c1-11(2)14-6-5-12(3)16(7-14)19-9-15-8-17-10-18-13(15)4/h5-7,10-11H,9H2,1-4H3. The van der Waals surface area contributed by atoms with Crippen LogP contribution in [0.5, 0.6) is 5.75 Å². The highest BCUT2D eigenvalue weighted by atomic mass is 16.5. The van der Waals surface area contributed by atoms with Crippen molar-refractivity contribution in [2.75, 3.05) is 0 Å². The number of ether oxygens (including phenoxy) is 1. The van der Waals surface area contributed by atoms with Crippen LogP contribution in [0.15, 0.2) is 24.5 Å². The molecule has 19 heavy (non-hydrogen) atoms. The second-order valence-corrected chi connectivity index (χ2v) is 5.02. The van der Waals surface area contributed by atoms with Gasteiger partial charge in [-0.25, -0.2) is 9.97 Å². The molecule has 1 aromatic carbocycles. The lowest BCUT2D eigenvalue weighted by Crippen LogP contribution is -2.02. The van der Waals surface area contributed by atoms with Crippen molar-refractivity contribution >= 4 is 0 Å². The maximum Gasteiger partial charge on any atom is 0.123 e. The maximum atomic E-state index is 5.88. The molecule has 2 aromatic rings. The molecule has 3 nitrogen and oxygen atoms in total. The fraction of sp³-hybridized carbons (Fsp3) is 0.375. The number of benzene rings is 1. The van der Waals surface area contributed by atoms with E-state index in [4.69, 9.17) is 4.74 Å². The lowest BCUT2D eigenvalue weighted by atomic mass is 10.0. The van der Waals surface area contributed by atoms with Gasteiger partial charge in [-0.15, -0.1) is 0 Å². The first-order chi connectivity index (χ1) is 9.08. The van der Waals surface area contributed by atoms with Crippen molar-refractivity contribution in [3.05, 3.63) is 53.1 Å². The van der Waals surface area contributed by atoms with E-state index in [9.17, 15) is 0 Å². The Morgan fingerprint density at radius 1 is 1.26 bits per heavy atom. The van der Waals surface area contributed by atoms with E-state index in [1.165, 1.54) is 11.9 Å². The van der Waals surface area contributed by atoms with Gasteiger partial charge in [0, 0.05) is 11.3 Å². The van der Waals surface area contributed by atoms with E-state index in [0.29, 0.717) is 12.5 Å². The van der Waals surface area contributed by atoms with Crippen molar-refractivity contribution in [3.63, 3.8) is 0 Å². The number of hydrogen-bond acceptors (Lipinski definition) is 3. The molecule has 1 radical (unpaired) electrons. The van der Waals surface area contributed by atoms with Crippen LogP contribution in [0.4, 0.5) is 0 Å². The first kappa shape index (κ1) is 13.5. The summed E-state index contributed by atoms with van der Waals surface area (Å²) in [5, 5.41) is 0. The third-order valence-corrected chi connectivity index (χ3v) is 3.20. The Kier molecular flexibility index (Phi) is 4.15. The van der Waals surface area contributed by atoms with E-state index in [2.05, 4.69) is 55.1 Å². The molecule has 0 amide bonds. The molecular formula is C16H19N2O. The van der Waals surface area contributed by atoms with Crippen LogP contribution in [0, 0.1) is 20.0 Å². The molecule has 0 saturated carbocycles. The topological polar surface area (TPSA) is 35.0 Å². The van der Waals surface area contributed by atoms with E-state index in [-0.39, 0.29) is 0 Å². The van der Waals surface area contributed by atoms with Crippen molar-refractivity contribution in [2.24, 2.45) is 0 Å². The van der Waals surface area contributed by atoms with Crippen molar-refractivity contribution < 1.29 is 4.74 Å². The molecule has 0 fully saturated rings. The van der Waals surface area contributed by atoms with Crippen molar-refractivity contribution in [1.82, 2.24) is 9.97 Å². The Balaban J connectivity index is 2.15. The van der Waals surface area contributed by atoms with Crippen LogP contribution in [0.2, 0.25) is 0 Å². The number of aromatic nitrogens is 2. The van der Waals surface area contributed by atoms with Crippen LogP contribution in [0.25, 0.3) is 0 Å². The molecule has 0 atom stereocenters. The molecule has 0 bridgehead atoms. The molecule has 0 saturated heterocycles. The Morgan fingerprint density at radius 3 is 2.74 bits per heavy atom. The lowest BCUT2D eigenvalue weighted by Gasteiger charge is -2.13. The summed E-state index contributed by atoms with van der Waals surface area (Å²) >= 11 is 0. The fourth-order valence-corrected chi connectivity index (χ4v) is 1.80. The van der Waals surface area contributed by atoms with Crippen molar-refractivity contribution in [1.29, 1.82) is 0 Å². The number of nitrogens with zero attached hydrogens (tertiary/aromatic N) is 2. The molecule has 0 aliphatic heterocycles. The predicted octanol–water partition coefficient (Wildman–Crippen LogP) is 3.60. The maximum absolute atomic E-state index is 5.88.